The van der Waals surface area contributed by atoms with E-state index in [1.165, 1.54) is 4.90 Å². The predicted molar refractivity (Wildman–Crippen MR) is 63.6 cm³/mol. The fourth-order valence-corrected chi connectivity index (χ4v) is 1.21. The second-order valence-corrected chi connectivity index (χ2v) is 3.85. The van der Waals surface area contributed by atoms with Gasteiger partial charge in [0.15, 0.2) is 0 Å². The van der Waals surface area contributed by atoms with E-state index in [0.717, 1.165) is 5.56 Å². The summed E-state index contributed by atoms with van der Waals surface area (Å²) in [6.45, 7) is 2.05. The van der Waals surface area contributed by atoms with Gasteiger partial charge in [-0.15, -0.1) is 0 Å². The third kappa shape index (κ3) is 3.24. The summed E-state index contributed by atoms with van der Waals surface area (Å²) in [7, 11) is 5.20. The van der Waals surface area contributed by atoms with Crippen LogP contribution in [-0.2, 0) is 0 Å². The highest BCUT2D eigenvalue weighted by molar-refractivity contribution is 5.70. The summed E-state index contributed by atoms with van der Waals surface area (Å²) in [5, 5.41) is 3.13. The molecule has 0 bridgehead atoms. The Morgan fingerprint density at radius 3 is 2.69 bits per heavy atom. The number of rotatable bonds is 3. The molecule has 4 heteroatoms. The molecule has 0 unspecified atom stereocenters. The number of nitrogens with one attached hydrogen (secondary N) is 1. The SMILES string of the molecule is CN[C@@H](C)c1cccc(OC(=O)N(C)C)c1. The Morgan fingerprint density at radius 1 is 1.44 bits per heavy atom. The molecular weight excluding hydrogens is 204 g/mol. The van der Waals surface area contributed by atoms with Crippen LogP contribution in [0, 0.1) is 0 Å². The molecule has 4 nitrogen and oxygen atoms in total. The summed E-state index contributed by atoms with van der Waals surface area (Å²) in [6.07, 6.45) is -0.366. The van der Waals surface area contributed by atoms with E-state index < -0.39 is 0 Å². The zero-order valence-electron chi connectivity index (χ0n) is 10.2. The molecule has 0 aliphatic heterocycles. The van der Waals surface area contributed by atoms with Crippen molar-refractivity contribution < 1.29 is 9.53 Å². The van der Waals surface area contributed by atoms with Crippen molar-refractivity contribution >= 4 is 6.09 Å². The lowest BCUT2D eigenvalue weighted by molar-refractivity contribution is 0.172. The predicted octanol–water partition coefficient (Wildman–Crippen LogP) is 2.03. The Balaban J connectivity index is 2.78. The summed E-state index contributed by atoms with van der Waals surface area (Å²) in [5.74, 6) is 0.568. The average molecular weight is 222 g/mol. The molecule has 1 rings (SSSR count). The van der Waals surface area contributed by atoms with E-state index in [1.54, 1.807) is 20.2 Å². The fraction of sp³-hybridized carbons (Fsp3) is 0.417. The molecule has 0 saturated carbocycles. The Labute approximate surface area is 96.2 Å². The molecule has 0 fully saturated rings. The first-order valence-electron chi connectivity index (χ1n) is 5.21. The summed E-state index contributed by atoms with van der Waals surface area (Å²) in [5.41, 5.74) is 1.09. The van der Waals surface area contributed by atoms with Crippen LogP contribution in [0.4, 0.5) is 4.79 Å². The van der Waals surface area contributed by atoms with Gasteiger partial charge in [0.2, 0.25) is 0 Å². The van der Waals surface area contributed by atoms with Gasteiger partial charge in [-0.05, 0) is 31.7 Å². The van der Waals surface area contributed by atoms with Crippen LogP contribution >= 0.6 is 0 Å². The molecule has 1 aromatic carbocycles. The Morgan fingerprint density at radius 2 is 2.12 bits per heavy atom. The first kappa shape index (κ1) is 12.5. The lowest BCUT2D eigenvalue weighted by Gasteiger charge is -2.14. The number of carbonyl (C=O) groups is 1. The second kappa shape index (κ2) is 5.51. The van der Waals surface area contributed by atoms with Gasteiger partial charge in [0.25, 0.3) is 0 Å². The lowest BCUT2D eigenvalue weighted by atomic mass is 10.1. The molecule has 0 saturated heterocycles. The maximum Gasteiger partial charge on any atom is 0.414 e. The average Bonchev–Trinajstić information content (AvgIpc) is 2.28. The van der Waals surface area contributed by atoms with E-state index in [1.807, 2.05) is 32.2 Å². The third-order valence-corrected chi connectivity index (χ3v) is 2.36. The first-order valence-corrected chi connectivity index (χ1v) is 5.21. The van der Waals surface area contributed by atoms with Crippen molar-refractivity contribution in [3.05, 3.63) is 29.8 Å². The summed E-state index contributed by atoms with van der Waals surface area (Å²) in [4.78, 5) is 12.7. The minimum atomic E-state index is -0.366. The van der Waals surface area contributed by atoms with E-state index in [4.69, 9.17) is 4.74 Å². The molecular formula is C12H18N2O2. The molecule has 1 amide bonds. The van der Waals surface area contributed by atoms with Crippen LogP contribution < -0.4 is 10.1 Å². The van der Waals surface area contributed by atoms with Crippen LogP contribution in [0.5, 0.6) is 5.75 Å². The van der Waals surface area contributed by atoms with Crippen molar-refractivity contribution in [1.29, 1.82) is 0 Å². The minimum Gasteiger partial charge on any atom is -0.410 e. The first-order chi connectivity index (χ1) is 7.54. The summed E-state index contributed by atoms with van der Waals surface area (Å²) in [6, 6.07) is 7.74. The van der Waals surface area contributed by atoms with Crippen LogP contribution in [-0.4, -0.2) is 32.1 Å². The zero-order chi connectivity index (χ0) is 12.1. The maximum atomic E-state index is 11.4. The Hall–Kier alpha value is -1.55. The Kier molecular flexibility index (Phi) is 4.31. The lowest BCUT2D eigenvalue weighted by Crippen LogP contribution is -2.25. The van der Waals surface area contributed by atoms with Gasteiger partial charge < -0.3 is 15.0 Å². The smallest absolute Gasteiger partial charge is 0.410 e. The molecule has 0 heterocycles. The number of ether oxygens (including phenoxy) is 1. The summed E-state index contributed by atoms with van der Waals surface area (Å²) < 4.78 is 5.17. The molecule has 16 heavy (non-hydrogen) atoms. The van der Waals surface area contributed by atoms with Crippen LogP contribution in [0.15, 0.2) is 24.3 Å². The minimum absolute atomic E-state index is 0.234. The number of amides is 1. The van der Waals surface area contributed by atoms with Gasteiger partial charge >= 0.3 is 6.09 Å². The topological polar surface area (TPSA) is 41.6 Å². The van der Waals surface area contributed by atoms with Gasteiger partial charge in [-0.25, -0.2) is 4.79 Å². The van der Waals surface area contributed by atoms with E-state index in [-0.39, 0.29) is 12.1 Å². The van der Waals surface area contributed by atoms with Gasteiger partial charge in [-0.2, -0.15) is 0 Å². The quantitative estimate of drug-likeness (QED) is 0.850. The second-order valence-electron chi connectivity index (χ2n) is 3.85. The van der Waals surface area contributed by atoms with Gasteiger partial charge in [0.1, 0.15) is 5.75 Å². The third-order valence-electron chi connectivity index (χ3n) is 2.36. The number of benzene rings is 1. The van der Waals surface area contributed by atoms with Crippen molar-refractivity contribution in [2.45, 2.75) is 13.0 Å². The molecule has 0 spiro atoms. The van der Waals surface area contributed by atoms with E-state index in [9.17, 15) is 4.79 Å². The number of nitrogens with zero attached hydrogens (tertiary/aromatic N) is 1. The molecule has 0 aliphatic carbocycles. The maximum absolute atomic E-state index is 11.4. The largest absolute Gasteiger partial charge is 0.414 e. The Bertz CT molecular complexity index is 364. The van der Waals surface area contributed by atoms with E-state index in [2.05, 4.69) is 5.32 Å². The highest BCUT2D eigenvalue weighted by Crippen LogP contribution is 2.19. The molecule has 0 aromatic heterocycles. The zero-order valence-corrected chi connectivity index (χ0v) is 10.2. The van der Waals surface area contributed by atoms with Crippen LogP contribution in [0.25, 0.3) is 0 Å². The van der Waals surface area contributed by atoms with Gasteiger partial charge in [0.05, 0.1) is 0 Å². The summed E-state index contributed by atoms with van der Waals surface area (Å²) >= 11 is 0. The van der Waals surface area contributed by atoms with Crippen LogP contribution in [0.2, 0.25) is 0 Å². The van der Waals surface area contributed by atoms with Gasteiger partial charge in [0, 0.05) is 20.1 Å². The van der Waals surface area contributed by atoms with Gasteiger partial charge in [-0.3, -0.25) is 0 Å². The van der Waals surface area contributed by atoms with E-state index >= 15 is 0 Å². The highest BCUT2D eigenvalue weighted by atomic mass is 16.6. The fourth-order valence-electron chi connectivity index (χ4n) is 1.21. The number of carbonyl (C=O) groups excluding carboxylic acids is 1. The van der Waals surface area contributed by atoms with Crippen LogP contribution in [0.1, 0.15) is 18.5 Å². The van der Waals surface area contributed by atoms with Crippen molar-refractivity contribution in [1.82, 2.24) is 10.2 Å². The molecule has 0 radical (unpaired) electrons. The van der Waals surface area contributed by atoms with Crippen molar-refractivity contribution in [2.75, 3.05) is 21.1 Å². The van der Waals surface area contributed by atoms with Crippen molar-refractivity contribution in [3.8, 4) is 5.75 Å². The molecule has 1 N–H and O–H groups in total. The van der Waals surface area contributed by atoms with E-state index in [0.29, 0.717) is 5.75 Å². The molecule has 1 atom stereocenters. The molecule has 1 aromatic rings. The monoisotopic (exact) mass is 222 g/mol. The number of hydrogen-bond donors (Lipinski definition) is 1. The normalized spacial score (nSPS) is 12.0. The molecule has 88 valence electrons. The van der Waals surface area contributed by atoms with Gasteiger partial charge in [-0.1, -0.05) is 12.1 Å². The van der Waals surface area contributed by atoms with Crippen molar-refractivity contribution in [2.24, 2.45) is 0 Å². The number of hydrogen-bond acceptors (Lipinski definition) is 3. The van der Waals surface area contributed by atoms with Crippen LogP contribution in [0.3, 0.4) is 0 Å². The van der Waals surface area contributed by atoms with Crippen molar-refractivity contribution in [3.63, 3.8) is 0 Å². The molecule has 0 aliphatic rings. The highest BCUT2D eigenvalue weighted by Gasteiger charge is 2.08. The standard InChI is InChI=1S/C12H18N2O2/c1-9(13-2)10-6-5-7-11(8-10)16-12(15)14(3)4/h5-9,13H,1-4H3/t9-/m0/s1.